The summed E-state index contributed by atoms with van der Waals surface area (Å²) in [6, 6.07) is 11.9. The van der Waals surface area contributed by atoms with Crippen molar-refractivity contribution in [2.75, 3.05) is 6.61 Å². The molecule has 2 heterocycles. The van der Waals surface area contributed by atoms with Gasteiger partial charge in [0.1, 0.15) is 11.6 Å². The van der Waals surface area contributed by atoms with Crippen LogP contribution in [0.2, 0.25) is 5.02 Å². The molecule has 1 fully saturated rings. The molecule has 1 aliphatic heterocycles. The third kappa shape index (κ3) is 3.41. The highest BCUT2D eigenvalue weighted by Gasteiger charge is 2.28. The third-order valence-corrected chi connectivity index (χ3v) is 4.42. The topological polar surface area (TPSA) is 81.4 Å². The molecule has 1 amide bonds. The number of nitrogens with zero attached hydrogens (tertiary/aromatic N) is 1. The number of esters is 1. The first kappa shape index (κ1) is 16.6. The molecule has 1 atom stereocenters. The van der Waals surface area contributed by atoms with Crippen LogP contribution in [0.15, 0.2) is 46.9 Å². The van der Waals surface area contributed by atoms with Crippen LogP contribution in [0.4, 0.5) is 0 Å². The second-order valence-electron chi connectivity index (χ2n) is 6.08. The van der Waals surface area contributed by atoms with Crippen molar-refractivity contribution < 1.29 is 18.7 Å². The smallest absolute Gasteiger partial charge is 0.328 e. The second kappa shape index (κ2) is 6.80. The predicted octanol–water partition coefficient (Wildman–Crippen LogP) is 3.12. The fraction of sp³-hybridized carbons (Fsp3) is 0.211. The van der Waals surface area contributed by atoms with Gasteiger partial charge in [-0.25, -0.2) is 9.78 Å². The van der Waals surface area contributed by atoms with E-state index in [9.17, 15) is 9.59 Å². The molecule has 0 spiro atoms. The van der Waals surface area contributed by atoms with E-state index in [-0.39, 0.29) is 5.91 Å². The first-order chi connectivity index (χ1) is 12.6. The maximum Gasteiger partial charge on any atom is 0.328 e. The van der Waals surface area contributed by atoms with Gasteiger partial charge in [0, 0.05) is 23.4 Å². The molecule has 0 radical (unpaired) electrons. The summed E-state index contributed by atoms with van der Waals surface area (Å²) < 4.78 is 10.6. The van der Waals surface area contributed by atoms with Crippen molar-refractivity contribution >= 4 is 34.6 Å². The summed E-state index contributed by atoms with van der Waals surface area (Å²) in [4.78, 5) is 28.2. The highest BCUT2D eigenvalue weighted by Crippen LogP contribution is 2.21. The number of ether oxygens (including phenoxy) is 1. The second-order valence-corrected chi connectivity index (χ2v) is 6.52. The number of hydrogen-bond donors (Lipinski definition) is 1. The minimum absolute atomic E-state index is 0.331. The van der Waals surface area contributed by atoms with Gasteiger partial charge in [0.2, 0.25) is 0 Å². The average molecular weight is 371 g/mol. The maximum atomic E-state index is 12.3. The zero-order valence-electron chi connectivity index (χ0n) is 13.7. The van der Waals surface area contributed by atoms with Gasteiger partial charge in [-0.15, -0.1) is 0 Å². The van der Waals surface area contributed by atoms with Crippen LogP contribution >= 0.6 is 11.6 Å². The lowest BCUT2D eigenvalue weighted by molar-refractivity contribution is -0.139. The summed E-state index contributed by atoms with van der Waals surface area (Å²) in [6.07, 6.45) is 0.990. The molecule has 132 valence electrons. The first-order valence-electron chi connectivity index (χ1n) is 8.20. The Kier molecular flexibility index (Phi) is 4.34. The molecule has 1 N–H and O–H groups in total. The summed E-state index contributed by atoms with van der Waals surface area (Å²) in [7, 11) is 0. The fourth-order valence-corrected chi connectivity index (χ4v) is 3.09. The molecular formula is C19H15ClN2O4. The number of nitrogens with one attached hydrogen (secondary N) is 1. The Labute approximate surface area is 154 Å². The van der Waals surface area contributed by atoms with Gasteiger partial charge in [0.25, 0.3) is 5.91 Å². The van der Waals surface area contributed by atoms with Crippen LogP contribution in [0, 0.1) is 0 Å². The van der Waals surface area contributed by atoms with Gasteiger partial charge in [0.15, 0.2) is 11.5 Å². The van der Waals surface area contributed by atoms with E-state index in [0.29, 0.717) is 47.0 Å². The van der Waals surface area contributed by atoms with Crippen molar-refractivity contribution in [2.45, 2.75) is 18.9 Å². The van der Waals surface area contributed by atoms with Gasteiger partial charge in [-0.05, 0) is 35.9 Å². The molecule has 1 aromatic heterocycles. The van der Waals surface area contributed by atoms with Crippen molar-refractivity contribution in [1.82, 2.24) is 10.3 Å². The van der Waals surface area contributed by atoms with Crippen molar-refractivity contribution in [3.63, 3.8) is 0 Å². The number of rotatable bonds is 4. The average Bonchev–Trinajstić information content (AvgIpc) is 3.19. The van der Waals surface area contributed by atoms with Gasteiger partial charge in [-0.1, -0.05) is 23.7 Å². The molecule has 26 heavy (non-hydrogen) atoms. The largest absolute Gasteiger partial charge is 0.464 e. The van der Waals surface area contributed by atoms with Gasteiger partial charge in [-0.3, -0.25) is 4.79 Å². The molecule has 4 rings (SSSR count). The molecule has 1 saturated heterocycles. The molecule has 1 unspecified atom stereocenters. The van der Waals surface area contributed by atoms with E-state index in [2.05, 4.69) is 10.3 Å². The summed E-state index contributed by atoms with van der Waals surface area (Å²) in [5, 5.41) is 3.33. The SMILES string of the molecule is O=C(NC1CCOC1=O)c1ccc2nc(Cc3cccc(Cl)c3)oc2c1. The quantitative estimate of drug-likeness (QED) is 0.713. The highest BCUT2D eigenvalue weighted by atomic mass is 35.5. The zero-order chi connectivity index (χ0) is 18.1. The number of fused-ring (bicyclic) bond motifs is 1. The van der Waals surface area contributed by atoms with Crippen molar-refractivity contribution in [3.05, 3.63) is 64.5 Å². The number of aromatic nitrogens is 1. The van der Waals surface area contributed by atoms with E-state index < -0.39 is 12.0 Å². The van der Waals surface area contributed by atoms with Gasteiger partial charge < -0.3 is 14.5 Å². The Balaban J connectivity index is 1.53. The Bertz CT molecular complexity index is 998. The lowest BCUT2D eigenvalue weighted by Gasteiger charge is -2.08. The van der Waals surface area contributed by atoms with Crippen LogP contribution in [-0.2, 0) is 16.0 Å². The van der Waals surface area contributed by atoms with Crippen LogP contribution in [0.3, 0.4) is 0 Å². The standard InChI is InChI=1S/C19H15ClN2O4/c20-13-3-1-2-11(8-13)9-17-21-14-5-4-12(10-16(14)26-17)18(23)22-15-6-7-25-19(15)24/h1-5,8,10,15H,6-7,9H2,(H,22,23). The summed E-state index contributed by atoms with van der Waals surface area (Å²) in [6.45, 7) is 0.331. The normalized spacial score (nSPS) is 16.7. The summed E-state index contributed by atoms with van der Waals surface area (Å²) in [5.74, 6) is -0.203. The Morgan fingerprint density at radius 2 is 2.15 bits per heavy atom. The number of benzene rings is 2. The molecule has 7 heteroatoms. The monoisotopic (exact) mass is 370 g/mol. The van der Waals surface area contributed by atoms with Crippen molar-refractivity contribution in [3.8, 4) is 0 Å². The van der Waals surface area contributed by atoms with Gasteiger partial charge in [-0.2, -0.15) is 0 Å². The number of carbonyl (C=O) groups excluding carboxylic acids is 2. The van der Waals surface area contributed by atoms with E-state index in [1.807, 2.05) is 24.3 Å². The highest BCUT2D eigenvalue weighted by molar-refractivity contribution is 6.30. The number of carbonyl (C=O) groups is 2. The zero-order valence-corrected chi connectivity index (χ0v) is 14.5. The lowest BCUT2D eigenvalue weighted by Crippen LogP contribution is -2.37. The number of halogens is 1. The number of cyclic esters (lactones) is 1. The lowest BCUT2D eigenvalue weighted by atomic mass is 10.1. The summed E-state index contributed by atoms with van der Waals surface area (Å²) >= 11 is 6.00. The Morgan fingerprint density at radius 1 is 1.27 bits per heavy atom. The number of oxazole rings is 1. The van der Waals surface area contributed by atoms with E-state index in [1.54, 1.807) is 18.2 Å². The fourth-order valence-electron chi connectivity index (χ4n) is 2.88. The Hall–Kier alpha value is -2.86. The van der Waals surface area contributed by atoms with E-state index in [4.69, 9.17) is 20.8 Å². The molecule has 1 aliphatic rings. The molecular weight excluding hydrogens is 356 g/mol. The molecule has 3 aromatic rings. The molecule has 6 nitrogen and oxygen atoms in total. The van der Waals surface area contributed by atoms with Gasteiger partial charge >= 0.3 is 5.97 Å². The molecule has 0 saturated carbocycles. The number of hydrogen-bond acceptors (Lipinski definition) is 5. The van der Waals surface area contributed by atoms with Crippen LogP contribution in [-0.4, -0.2) is 29.5 Å². The van der Waals surface area contributed by atoms with E-state index in [0.717, 1.165) is 5.56 Å². The maximum absolute atomic E-state index is 12.3. The van der Waals surface area contributed by atoms with Crippen LogP contribution < -0.4 is 5.32 Å². The molecule has 2 aromatic carbocycles. The molecule has 0 bridgehead atoms. The van der Waals surface area contributed by atoms with E-state index in [1.165, 1.54) is 0 Å². The minimum Gasteiger partial charge on any atom is -0.464 e. The predicted molar refractivity (Wildman–Crippen MR) is 95.1 cm³/mol. The molecule has 0 aliphatic carbocycles. The third-order valence-electron chi connectivity index (χ3n) is 4.18. The minimum atomic E-state index is -0.591. The Morgan fingerprint density at radius 3 is 2.92 bits per heavy atom. The number of amides is 1. The van der Waals surface area contributed by atoms with Crippen LogP contribution in [0.25, 0.3) is 11.1 Å². The van der Waals surface area contributed by atoms with Crippen LogP contribution in [0.1, 0.15) is 28.2 Å². The first-order valence-corrected chi connectivity index (χ1v) is 8.58. The van der Waals surface area contributed by atoms with Gasteiger partial charge in [0.05, 0.1) is 6.61 Å². The van der Waals surface area contributed by atoms with Crippen LogP contribution in [0.5, 0.6) is 0 Å². The summed E-state index contributed by atoms with van der Waals surface area (Å²) in [5.41, 5.74) is 2.58. The van der Waals surface area contributed by atoms with Crippen molar-refractivity contribution in [2.24, 2.45) is 0 Å². The van der Waals surface area contributed by atoms with Crippen molar-refractivity contribution in [1.29, 1.82) is 0 Å². The van der Waals surface area contributed by atoms with E-state index >= 15 is 0 Å².